The molecule has 0 saturated carbocycles. The Kier molecular flexibility index (Phi) is 7.59. The van der Waals surface area contributed by atoms with Crippen molar-refractivity contribution < 1.29 is 18.0 Å². The Morgan fingerprint density at radius 2 is 1.64 bits per heavy atom. The van der Waals surface area contributed by atoms with Crippen molar-refractivity contribution >= 4 is 35.0 Å². The van der Waals surface area contributed by atoms with Gasteiger partial charge in [0.2, 0.25) is 5.95 Å². The van der Waals surface area contributed by atoms with E-state index in [0.29, 0.717) is 62.3 Å². The van der Waals surface area contributed by atoms with Crippen molar-refractivity contribution in [2.24, 2.45) is 0 Å². The number of pyridine rings is 1. The number of carbonyl (C=O) groups is 1. The molecule has 2 aliphatic rings. The van der Waals surface area contributed by atoms with Gasteiger partial charge in [-0.1, -0.05) is 23.7 Å². The number of hydrogen-bond donors (Lipinski definition) is 1. The number of nitrogens with one attached hydrogen (secondary N) is 1. The predicted molar refractivity (Wildman–Crippen MR) is 156 cm³/mol. The lowest BCUT2D eigenvalue weighted by Crippen LogP contribution is -2.49. The summed E-state index contributed by atoms with van der Waals surface area (Å²) in [4.78, 5) is 32.1. The van der Waals surface area contributed by atoms with Crippen LogP contribution in [0.4, 0.5) is 30.6 Å². The maximum atomic E-state index is 13.7. The molecule has 1 N–H and O–H groups in total. The fourth-order valence-electron chi connectivity index (χ4n) is 5.31. The van der Waals surface area contributed by atoms with Gasteiger partial charge in [-0.2, -0.15) is 13.2 Å². The zero-order valence-electron chi connectivity index (χ0n) is 22.5. The fourth-order valence-corrected chi connectivity index (χ4v) is 5.50. The summed E-state index contributed by atoms with van der Waals surface area (Å²) in [5, 5.41) is 3.48. The van der Waals surface area contributed by atoms with E-state index in [1.165, 1.54) is 12.1 Å². The maximum absolute atomic E-state index is 13.7. The highest BCUT2D eigenvalue weighted by atomic mass is 35.5. The Hall–Kier alpha value is -4.38. The minimum absolute atomic E-state index is 0.0340. The van der Waals surface area contributed by atoms with Crippen LogP contribution in [0, 0.1) is 0 Å². The quantitative estimate of drug-likeness (QED) is 0.323. The van der Waals surface area contributed by atoms with Gasteiger partial charge in [0, 0.05) is 80.6 Å². The second kappa shape index (κ2) is 11.5. The minimum Gasteiger partial charge on any atom is -0.367 e. The molecule has 42 heavy (non-hydrogen) atoms. The maximum Gasteiger partial charge on any atom is 0.416 e. The molecule has 0 bridgehead atoms. The van der Waals surface area contributed by atoms with Crippen LogP contribution >= 0.6 is 11.6 Å². The zero-order chi connectivity index (χ0) is 29.3. The summed E-state index contributed by atoms with van der Waals surface area (Å²) in [7, 11) is 0. The second-order valence-corrected chi connectivity index (χ2v) is 10.6. The SMILES string of the molecule is O=C(c1ccc(-c2cnc3c(c2)N(Cc2cc(Cl)ccc2C(F)(F)F)CCN3)cc1)N1CCN(c2ncccn2)CC1. The summed E-state index contributed by atoms with van der Waals surface area (Å²) in [5.41, 5.74) is 2.32. The summed E-state index contributed by atoms with van der Waals surface area (Å²) in [6.07, 6.45) is 0.643. The van der Waals surface area contributed by atoms with Gasteiger partial charge in [-0.25, -0.2) is 15.0 Å². The van der Waals surface area contributed by atoms with Crippen LogP contribution in [-0.2, 0) is 12.7 Å². The van der Waals surface area contributed by atoms with Gasteiger partial charge >= 0.3 is 6.18 Å². The summed E-state index contributed by atoms with van der Waals surface area (Å²) >= 11 is 6.06. The van der Waals surface area contributed by atoms with Crippen molar-refractivity contribution in [3.8, 4) is 11.1 Å². The lowest BCUT2D eigenvalue weighted by atomic mass is 10.0. The van der Waals surface area contributed by atoms with Crippen LogP contribution in [0.1, 0.15) is 21.5 Å². The van der Waals surface area contributed by atoms with E-state index in [1.807, 2.05) is 28.0 Å². The van der Waals surface area contributed by atoms with E-state index in [2.05, 4.69) is 25.2 Å². The monoisotopic (exact) mass is 593 g/mol. The summed E-state index contributed by atoms with van der Waals surface area (Å²) < 4.78 is 41.1. The molecule has 4 aromatic rings. The normalized spacial score (nSPS) is 15.3. The Labute approximate surface area is 245 Å². The van der Waals surface area contributed by atoms with Gasteiger partial charge in [0.25, 0.3) is 5.91 Å². The number of benzene rings is 2. The average Bonchev–Trinajstić information content (AvgIpc) is 3.01. The number of hydrogen-bond acceptors (Lipinski definition) is 7. The predicted octanol–water partition coefficient (Wildman–Crippen LogP) is 5.61. The van der Waals surface area contributed by atoms with Crippen LogP contribution in [0.2, 0.25) is 5.02 Å². The molecule has 0 aliphatic carbocycles. The van der Waals surface area contributed by atoms with Gasteiger partial charge in [-0.3, -0.25) is 4.79 Å². The van der Waals surface area contributed by atoms with Crippen LogP contribution in [0.15, 0.2) is 73.2 Å². The summed E-state index contributed by atoms with van der Waals surface area (Å²) in [6.45, 7) is 3.52. The molecule has 4 heterocycles. The number of rotatable bonds is 5. The second-order valence-electron chi connectivity index (χ2n) is 10.1. The molecule has 12 heteroatoms. The molecule has 1 fully saturated rings. The lowest BCUT2D eigenvalue weighted by Gasteiger charge is -2.34. The molecule has 8 nitrogen and oxygen atoms in total. The van der Waals surface area contributed by atoms with Crippen LogP contribution in [-0.4, -0.2) is 65.0 Å². The van der Waals surface area contributed by atoms with Crippen molar-refractivity contribution in [3.63, 3.8) is 0 Å². The number of anilines is 3. The third-order valence-electron chi connectivity index (χ3n) is 7.48. The molecule has 6 rings (SSSR count). The standard InChI is InChI=1S/C30H27ClF3N7O/c31-24-6-7-25(30(32,33)34)23(16-24)19-41-11-10-35-27-26(41)17-22(18-38-27)20-2-4-21(5-3-20)28(42)39-12-14-40(15-13-39)29-36-8-1-9-37-29/h1-9,16-18H,10-15,19H2,(H,35,38). The Balaban J connectivity index is 1.17. The third-order valence-corrected chi connectivity index (χ3v) is 7.72. The average molecular weight is 594 g/mol. The van der Waals surface area contributed by atoms with Crippen molar-refractivity contribution in [1.29, 1.82) is 0 Å². The van der Waals surface area contributed by atoms with Gasteiger partial charge in [0.15, 0.2) is 0 Å². The fraction of sp³-hybridized carbons (Fsp3) is 0.267. The number of piperazine rings is 1. The number of alkyl halides is 3. The Morgan fingerprint density at radius 3 is 2.36 bits per heavy atom. The molecule has 216 valence electrons. The molecule has 0 atom stereocenters. The lowest BCUT2D eigenvalue weighted by molar-refractivity contribution is -0.138. The zero-order valence-corrected chi connectivity index (χ0v) is 23.2. The van der Waals surface area contributed by atoms with E-state index in [4.69, 9.17) is 11.6 Å². The van der Waals surface area contributed by atoms with Gasteiger partial charge in [-0.05, 0) is 53.6 Å². The van der Waals surface area contributed by atoms with Gasteiger partial charge < -0.3 is 20.0 Å². The number of carbonyl (C=O) groups excluding carboxylic acids is 1. The van der Waals surface area contributed by atoms with Crippen molar-refractivity contribution in [1.82, 2.24) is 19.9 Å². The Bertz CT molecular complexity index is 1580. The van der Waals surface area contributed by atoms with E-state index >= 15 is 0 Å². The first kappa shape index (κ1) is 27.8. The smallest absolute Gasteiger partial charge is 0.367 e. The molecule has 1 amide bonds. The molecular weight excluding hydrogens is 567 g/mol. The third kappa shape index (κ3) is 5.82. The van der Waals surface area contributed by atoms with Crippen molar-refractivity contribution in [3.05, 3.63) is 94.9 Å². The topological polar surface area (TPSA) is 77.5 Å². The van der Waals surface area contributed by atoms with Gasteiger partial charge in [0.1, 0.15) is 5.82 Å². The first-order chi connectivity index (χ1) is 20.3. The van der Waals surface area contributed by atoms with Crippen LogP contribution in [0.5, 0.6) is 0 Å². The van der Waals surface area contributed by atoms with Crippen LogP contribution in [0.3, 0.4) is 0 Å². The van der Waals surface area contributed by atoms with E-state index < -0.39 is 11.7 Å². The van der Waals surface area contributed by atoms with Gasteiger partial charge in [0.05, 0.1) is 11.3 Å². The molecule has 2 aromatic carbocycles. The molecule has 2 aliphatic heterocycles. The van der Waals surface area contributed by atoms with Crippen molar-refractivity contribution in [2.45, 2.75) is 12.7 Å². The van der Waals surface area contributed by atoms with Crippen molar-refractivity contribution in [2.75, 3.05) is 54.4 Å². The highest BCUT2D eigenvalue weighted by Crippen LogP contribution is 2.37. The number of fused-ring (bicyclic) bond motifs is 1. The van der Waals surface area contributed by atoms with E-state index in [1.54, 1.807) is 36.8 Å². The number of nitrogens with zero attached hydrogens (tertiary/aromatic N) is 6. The van der Waals surface area contributed by atoms with Crippen LogP contribution in [0.25, 0.3) is 11.1 Å². The molecule has 0 radical (unpaired) electrons. The molecule has 2 aromatic heterocycles. The number of halogens is 4. The van der Waals surface area contributed by atoms with Crippen LogP contribution < -0.4 is 15.1 Å². The molecule has 0 spiro atoms. The summed E-state index contributed by atoms with van der Waals surface area (Å²) in [5.74, 6) is 1.22. The molecule has 1 saturated heterocycles. The first-order valence-corrected chi connectivity index (χ1v) is 13.9. The van der Waals surface area contributed by atoms with Gasteiger partial charge in [-0.15, -0.1) is 0 Å². The largest absolute Gasteiger partial charge is 0.416 e. The highest BCUT2D eigenvalue weighted by Gasteiger charge is 2.34. The summed E-state index contributed by atoms with van der Waals surface area (Å²) in [6, 6.07) is 14.6. The van der Waals surface area contributed by atoms with E-state index in [0.717, 1.165) is 17.2 Å². The number of aromatic nitrogens is 3. The Morgan fingerprint density at radius 1 is 0.905 bits per heavy atom. The van der Waals surface area contributed by atoms with E-state index in [-0.39, 0.29) is 23.0 Å². The molecular formula is C30H27ClF3N7O. The highest BCUT2D eigenvalue weighted by molar-refractivity contribution is 6.30. The molecule has 0 unspecified atom stereocenters. The minimum atomic E-state index is -4.49. The van der Waals surface area contributed by atoms with E-state index in [9.17, 15) is 18.0 Å². The first-order valence-electron chi connectivity index (χ1n) is 13.5. The number of amides is 1.